The molecule has 1 aliphatic heterocycles. The Morgan fingerprint density at radius 1 is 1.18 bits per heavy atom. The van der Waals surface area contributed by atoms with Gasteiger partial charge in [0.05, 0.1) is 11.5 Å². The number of rotatable bonds is 6. The topological polar surface area (TPSA) is 49.9 Å². The maximum atomic E-state index is 12.7. The molecule has 6 heteroatoms. The summed E-state index contributed by atoms with van der Waals surface area (Å²) in [5.41, 5.74) is 0. The highest BCUT2D eigenvalue weighted by molar-refractivity contribution is 7.89. The van der Waals surface area contributed by atoms with Crippen LogP contribution in [0.4, 0.5) is 0 Å². The molecule has 1 heterocycles. The van der Waals surface area contributed by atoms with Crippen molar-refractivity contribution in [3.63, 3.8) is 0 Å². The molecule has 0 amide bonds. The summed E-state index contributed by atoms with van der Waals surface area (Å²) in [4.78, 5) is 2.68. The number of piperidine rings is 1. The fourth-order valence-electron chi connectivity index (χ4n) is 2.84. The zero-order chi connectivity index (χ0) is 16.2. The molecule has 0 N–H and O–H groups in total. The third kappa shape index (κ3) is 3.80. The Labute approximate surface area is 133 Å². The van der Waals surface area contributed by atoms with Crippen LogP contribution in [-0.2, 0) is 10.0 Å². The van der Waals surface area contributed by atoms with Gasteiger partial charge in [0.2, 0.25) is 10.0 Å². The zero-order valence-electron chi connectivity index (χ0n) is 13.7. The first-order valence-electron chi connectivity index (χ1n) is 7.92. The molecule has 0 bridgehead atoms. The number of hydrogen-bond acceptors (Lipinski definition) is 4. The Kier molecular flexibility index (Phi) is 5.83. The first-order valence-corrected chi connectivity index (χ1v) is 9.36. The van der Waals surface area contributed by atoms with Gasteiger partial charge in [-0.25, -0.2) is 8.42 Å². The van der Waals surface area contributed by atoms with Gasteiger partial charge >= 0.3 is 0 Å². The fraction of sp³-hybridized carbons (Fsp3) is 0.625. The quantitative estimate of drug-likeness (QED) is 0.804. The van der Waals surface area contributed by atoms with Crippen LogP contribution in [0.15, 0.2) is 29.2 Å². The minimum Gasteiger partial charge on any atom is -0.494 e. The third-order valence-corrected chi connectivity index (χ3v) is 6.25. The van der Waals surface area contributed by atoms with E-state index in [-0.39, 0.29) is 6.04 Å². The van der Waals surface area contributed by atoms with Gasteiger partial charge in [0.25, 0.3) is 0 Å². The smallest absolute Gasteiger partial charge is 0.243 e. The van der Waals surface area contributed by atoms with E-state index in [2.05, 4.69) is 11.8 Å². The lowest BCUT2D eigenvalue weighted by Gasteiger charge is -2.35. The van der Waals surface area contributed by atoms with Gasteiger partial charge in [-0.15, -0.1) is 0 Å². The van der Waals surface area contributed by atoms with E-state index in [1.807, 2.05) is 6.92 Å². The molecule has 0 saturated carbocycles. The molecule has 5 nitrogen and oxygen atoms in total. The van der Waals surface area contributed by atoms with Gasteiger partial charge in [-0.05, 0) is 63.7 Å². The Morgan fingerprint density at radius 2 is 1.77 bits per heavy atom. The number of nitrogens with zero attached hydrogens (tertiary/aromatic N) is 2. The predicted molar refractivity (Wildman–Crippen MR) is 87.7 cm³/mol. The van der Waals surface area contributed by atoms with Gasteiger partial charge in [-0.3, -0.25) is 0 Å². The van der Waals surface area contributed by atoms with Crippen molar-refractivity contribution in [1.29, 1.82) is 0 Å². The summed E-state index contributed by atoms with van der Waals surface area (Å²) in [5, 5.41) is 0. The van der Waals surface area contributed by atoms with Crippen molar-refractivity contribution < 1.29 is 13.2 Å². The monoisotopic (exact) mass is 326 g/mol. The van der Waals surface area contributed by atoms with E-state index < -0.39 is 10.0 Å². The molecule has 1 fully saturated rings. The summed E-state index contributed by atoms with van der Waals surface area (Å²) in [5.74, 6) is 0.695. The molecular weight excluding hydrogens is 300 g/mol. The van der Waals surface area contributed by atoms with E-state index in [1.54, 1.807) is 31.3 Å². The van der Waals surface area contributed by atoms with Crippen molar-refractivity contribution in [2.45, 2.75) is 37.6 Å². The lowest BCUT2D eigenvalue weighted by atomic mass is 10.1. The van der Waals surface area contributed by atoms with Crippen LogP contribution in [0.25, 0.3) is 0 Å². The second-order valence-electron chi connectivity index (χ2n) is 5.59. The SMILES string of the molecule is CCOc1ccc(S(=O)(=O)N(C)C2CCN(CC)CC2)cc1. The van der Waals surface area contributed by atoms with Crippen LogP contribution in [0.2, 0.25) is 0 Å². The Hall–Kier alpha value is -1.11. The summed E-state index contributed by atoms with van der Waals surface area (Å²) in [7, 11) is -1.74. The number of sulfonamides is 1. The van der Waals surface area contributed by atoms with Crippen molar-refractivity contribution in [2.75, 3.05) is 33.3 Å². The predicted octanol–water partition coefficient (Wildman–Crippen LogP) is 2.19. The molecule has 0 aliphatic carbocycles. The summed E-state index contributed by atoms with van der Waals surface area (Å²) >= 11 is 0. The van der Waals surface area contributed by atoms with E-state index in [9.17, 15) is 8.42 Å². The second-order valence-corrected chi connectivity index (χ2v) is 7.59. The summed E-state index contributed by atoms with van der Waals surface area (Å²) in [6, 6.07) is 6.75. The van der Waals surface area contributed by atoms with Crippen molar-refractivity contribution in [2.24, 2.45) is 0 Å². The minimum atomic E-state index is -3.44. The van der Waals surface area contributed by atoms with Crippen LogP contribution in [0, 0.1) is 0 Å². The van der Waals surface area contributed by atoms with Crippen molar-refractivity contribution in [1.82, 2.24) is 9.21 Å². The molecule has 0 radical (unpaired) electrons. The van der Waals surface area contributed by atoms with Crippen LogP contribution in [-0.4, -0.2) is 57.0 Å². The number of likely N-dealkylation sites (tertiary alicyclic amines) is 1. The zero-order valence-corrected chi connectivity index (χ0v) is 14.5. The summed E-state index contributed by atoms with van der Waals surface area (Å²) < 4.78 is 32.3. The Morgan fingerprint density at radius 3 is 2.27 bits per heavy atom. The first-order chi connectivity index (χ1) is 10.5. The molecule has 2 rings (SSSR count). The number of hydrogen-bond donors (Lipinski definition) is 0. The van der Waals surface area contributed by atoms with Crippen molar-refractivity contribution in [3.05, 3.63) is 24.3 Å². The molecule has 0 spiro atoms. The summed E-state index contributed by atoms with van der Waals surface area (Å²) in [6.45, 7) is 7.57. The molecule has 1 saturated heterocycles. The highest BCUT2D eigenvalue weighted by Crippen LogP contribution is 2.24. The Bertz CT molecular complexity index is 564. The standard InChI is InChI=1S/C16H26N2O3S/c1-4-18-12-10-14(11-13-18)17(3)22(19,20)16-8-6-15(7-9-16)21-5-2/h6-9,14H,4-5,10-13H2,1-3H3. The van der Waals surface area contributed by atoms with Crippen LogP contribution < -0.4 is 4.74 Å². The molecule has 124 valence electrons. The van der Waals surface area contributed by atoms with E-state index in [1.165, 1.54) is 4.31 Å². The molecule has 22 heavy (non-hydrogen) atoms. The van der Waals surface area contributed by atoms with Crippen LogP contribution in [0.5, 0.6) is 5.75 Å². The number of ether oxygens (including phenoxy) is 1. The van der Waals surface area contributed by atoms with Gasteiger partial charge < -0.3 is 9.64 Å². The average molecular weight is 326 g/mol. The second kappa shape index (κ2) is 7.44. The van der Waals surface area contributed by atoms with Gasteiger partial charge in [0.15, 0.2) is 0 Å². The maximum Gasteiger partial charge on any atom is 0.243 e. The lowest BCUT2D eigenvalue weighted by molar-refractivity contribution is 0.176. The van der Waals surface area contributed by atoms with Gasteiger partial charge in [-0.2, -0.15) is 4.31 Å². The lowest BCUT2D eigenvalue weighted by Crippen LogP contribution is -2.45. The highest BCUT2D eigenvalue weighted by atomic mass is 32.2. The van der Waals surface area contributed by atoms with E-state index >= 15 is 0 Å². The first kappa shape index (κ1) is 17.2. The average Bonchev–Trinajstić information content (AvgIpc) is 2.55. The molecular formula is C16H26N2O3S. The van der Waals surface area contributed by atoms with E-state index in [0.29, 0.717) is 17.3 Å². The molecule has 0 atom stereocenters. The molecule has 0 unspecified atom stereocenters. The van der Waals surface area contributed by atoms with Crippen molar-refractivity contribution in [3.8, 4) is 5.75 Å². The largest absolute Gasteiger partial charge is 0.494 e. The third-order valence-electron chi connectivity index (χ3n) is 4.33. The van der Waals surface area contributed by atoms with Gasteiger partial charge in [0, 0.05) is 13.1 Å². The maximum absolute atomic E-state index is 12.7. The Balaban J connectivity index is 2.08. The molecule has 0 aromatic heterocycles. The highest BCUT2D eigenvalue weighted by Gasteiger charge is 2.30. The number of benzene rings is 1. The fourth-order valence-corrected chi connectivity index (χ4v) is 4.25. The minimum absolute atomic E-state index is 0.0827. The summed E-state index contributed by atoms with van der Waals surface area (Å²) in [6.07, 6.45) is 1.78. The van der Waals surface area contributed by atoms with Crippen LogP contribution in [0.1, 0.15) is 26.7 Å². The van der Waals surface area contributed by atoms with E-state index in [0.717, 1.165) is 32.5 Å². The molecule has 1 aromatic rings. The van der Waals surface area contributed by atoms with Gasteiger partial charge in [0.1, 0.15) is 5.75 Å². The van der Waals surface area contributed by atoms with Crippen LogP contribution >= 0.6 is 0 Å². The van der Waals surface area contributed by atoms with Gasteiger partial charge in [-0.1, -0.05) is 6.92 Å². The normalized spacial score (nSPS) is 17.8. The van der Waals surface area contributed by atoms with Crippen LogP contribution in [0.3, 0.4) is 0 Å². The van der Waals surface area contributed by atoms with E-state index in [4.69, 9.17) is 4.74 Å². The molecule has 1 aromatic carbocycles. The molecule has 1 aliphatic rings. The van der Waals surface area contributed by atoms with Crippen molar-refractivity contribution >= 4 is 10.0 Å².